The Morgan fingerprint density at radius 3 is 2.88 bits per heavy atom. The number of hydrogen-bond donors (Lipinski definition) is 1. The highest BCUT2D eigenvalue weighted by Crippen LogP contribution is 2.20. The molecule has 0 unspecified atom stereocenters. The summed E-state index contributed by atoms with van der Waals surface area (Å²) in [6.45, 7) is 1.56. The molecule has 0 saturated carbocycles. The Balaban J connectivity index is 3.00. The van der Waals surface area contributed by atoms with E-state index >= 15 is 0 Å². The van der Waals surface area contributed by atoms with Crippen LogP contribution in [-0.4, -0.2) is 11.2 Å². The maximum atomic E-state index is 13.4. The minimum Gasteiger partial charge on any atom is -0.326 e. The normalized spacial score (nSPS) is 9.62. The predicted octanol–water partition coefficient (Wildman–Crippen LogP) is 2.73. The average molecular weight is 285 g/mol. The maximum absolute atomic E-state index is 13.4. The number of alkyl halides is 1. The van der Waals surface area contributed by atoms with Crippen LogP contribution in [0, 0.1) is 24.1 Å². The Hall–Kier alpha value is -1.41. The topological polar surface area (TPSA) is 52.9 Å². The molecule has 0 atom stereocenters. The van der Waals surface area contributed by atoms with E-state index in [2.05, 4.69) is 21.2 Å². The molecule has 0 aliphatic carbocycles. The van der Waals surface area contributed by atoms with Gasteiger partial charge >= 0.3 is 0 Å². The van der Waals surface area contributed by atoms with Crippen molar-refractivity contribution in [3.8, 4) is 6.07 Å². The number of benzene rings is 1. The first-order valence-electron chi connectivity index (χ1n) is 4.64. The number of nitrogens with one attached hydrogen (secondary N) is 1. The van der Waals surface area contributed by atoms with Crippen LogP contribution in [0.15, 0.2) is 12.1 Å². The van der Waals surface area contributed by atoms with Crippen molar-refractivity contribution < 1.29 is 9.18 Å². The number of nitrogens with zero attached hydrogens (tertiary/aromatic N) is 1. The molecule has 5 heteroatoms. The minimum absolute atomic E-state index is 0.192. The van der Waals surface area contributed by atoms with E-state index in [1.54, 1.807) is 6.92 Å². The number of nitriles is 1. The van der Waals surface area contributed by atoms with Crippen LogP contribution < -0.4 is 5.32 Å². The zero-order chi connectivity index (χ0) is 12.1. The fraction of sp³-hybridized carbons (Fsp3) is 0.273. The summed E-state index contributed by atoms with van der Waals surface area (Å²) in [6.07, 6.45) is 0.303. The predicted molar refractivity (Wildman–Crippen MR) is 62.9 cm³/mol. The van der Waals surface area contributed by atoms with Gasteiger partial charge in [0.05, 0.1) is 11.6 Å². The SMILES string of the molecule is Cc1c(F)cc(C#N)cc1NC(=O)CCBr. The zero-order valence-electron chi connectivity index (χ0n) is 8.68. The molecule has 1 rings (SSSR count). The second-order valence-electron chi connectivity index (χ2n) is 3.23. The van der Waals surface area contributed by atoms with Crippen LogP contribution in [0.2, 0.25) is 0 Å². The second kappa shape index (κ2) is 5.61. The summed E-state index contributed by atoms with van der Waals surface area (Å²) in [4.78, 5) is 11.3. The summed E-state index contributed by atoms with van der Waals surface area (Å²) in [7, 11) is 0. The van der Waals surface area contributed by atoms with Crippen molar-refractivity contribution in [3.05, 3.63) is 29.1 Å². The first kappa shape index (κ1) is 12.7. The lowest BCUT2D eigenvalue weighted by Gasteiger charge is -2.08. The van der Waals surface area contributed by atoms with Gasteiger partial charge in [0.2, 0.25) is 5.91 Å². The first-order valence-corrected chi connectivity index (χ1v) is 5.76. The lowest BCUT2D eigenvalue weighted by atomic mass is 10.1. The van der Waals surface area contributed by atoms with Gasteiger partial charge < -0.3 is 5.32 Å². The van der Waals surface area contributed by atoms with Crippen molar-refractivity contribution >= 4 is 27.5 Å². The number of carbonyl (C=O) groups is 1. The Labute approximate surface area is 101 Å². The Bertz CT molecular complexity index is 454. The van der Waals surface area contributed by atoms with Crippen molar-refractivity contribution in [1.29, 1.82) is 5.26 Å². The zero-order valence-corrected chi connectivity index (χ0v) is 10.3. The summed E-state index contributed by atoms with van der Waals surface area (Å²) in [5.41, 5.74) is 0.877. The average Bonchev–Trinajstić information content (AvgIpc) is 2.24. The van der Waals surface area contributed by atoms with E-state index in [0.717, 1.165) is 6.07 Å². The van der Waals surface area contributed by atoms with Crippen LogP contribution >= 0.6 is 15.9 Å². The van der Waals surface area contributed by atoms with Gasteiger partial charge in [-0.1, -0.05) is 15.9 Å². The molecule has 0 fully saturated rings. The van der Waals surface area contributed by atoms with Crippen molar-refractivity contribution in [2.24, 2.45) is 0 Å². The molecule has 1 amide bonds. The standard InChI is InChI=1S/C11H10BrFN2O/c1-7-9(13)4-8(6-14)5-10(7)15-11(16)2-3-12/h4-5H,2-3H2,1H3,(H,15,16). The van der Waals surface area contributed by atoms with Gasteiger partial charge in [-0.15, -0.1) is 0 Å². The van der Waals surface area contributed by atoms with E-state index in [0.29, 0.717) is 23.0 Å². The van der Waals surface area contributed by atoms with Gasteiger partial charge in [-0.05, 0) is 19.1 Å². The van der Waals surface area contributed by atoms with Crippen molar-refractivity contribution in [2.75, 3.05) is 10.6 Å². The van der Waals surface area contributed by atoms with Crippen LogP contribution in [0.25, 0.3) is 0 Å². The number of hydrogen-bond acceptors (Lipinski definition) is 2. The van der Waals surface area contributed by atoms with Crippen molar-refractivity contribution in [2.45, 2.75) is 13.3 Å². The summed E-state index contributed by atoms with van der Waals surface area (Å²) in [5, 5.41) is 11.8. The highest BCUT2D eigenvalue weighted by molar-refractivity contribution is 9.09. The summed E-state index contributed by atoms with van der Waals surface area (Å²) in [5.74, 6) is -0.706. The molecule has 1 aromatic rings. The summed E-state index contributed by atoms with van der Waals surface area (Å²) >= 11 is 3.14. The number of anilines is 1. The van der Waals surface area contributed by atoms with E-state index in [1.807, 2.05) is 6.07 Å². The molecule has 1 aromatic carbocycles. The molecular formula is C11H10BrFN2O. The largest absolute Gasteiger partial charge is 0.326 e. The van der Waals surface area contributed by atoms with Crippen LogP contribution in [-0.2, 0) is 4.79 Å². The van der Waals surface area contributed by atoms with E-state index < -0.39 is 5.82 Å². The van der Waals surface area contributed by atoms with Gasteiger partial charge in [0.15, 0.2) is 0 Å². The third kappa shape index (κ3) is 3.04. The summed E-state index contributed by atoms with van der Waals surface area (Å²) < 4.78 is 13.4. The lowest BCUT2D eigenvalue weighted by Crippen LogP contribution is -2.13. The number of rotatable bonds is 3. The molecule has 0 heterocycles. The highest BCUT2D eigenvalue weighted by atomic mass is 79.9. The van der Waals surface area contributed by atoms with Gasteiger partial charge in [0.25, 0.3) is 0 Å². The lowest BCUT2D eigenvalue weighted by molar-refractivity contribution is -0.115. The molecule has 0 radical (unpaired) electrons. The first-order chi connectivity index (χ1) is 7.58. The molecule has 0 aromatic heterocycles. The third-order valence-corrected chi connectivity index (χ3v) is 2.47. The molecule has 84 valence electrons. The van der Waals surface area contributed by atoms with E-state index in [1.165, 1.54) is 6.07 Å². The van der Waals surface area contributed by atoms with E-state index in [4.69, 9.17) is 5.26 Å². The van der Waals surface area contributed by atoms with Crippen LogP contribution in [0.5, 0.6) is 0 Å². The van der Waals surface area contributed by atoms with E-state index in [9.17, 15) is 9.18 Å². The van der Waals surface area contributed by atoms with Crippen LogP contribution in [0.1, 0.15) is 17.5 Å². The second-order valence-corrected chi connectivity index (χ2v) is 4.02. The van der Waals surface area contributed by atoms with Gasteiger partial charge in [0.1, 0.15) is 5.82 Å². The summed E-state index contributed by atoms with van der Waals surface area (Å²) in [6, 6.07) is 4.45. The van der Waals surface area contributed by atoms with Gasteiger partial charge in [-0.2, -0.15) is 5.26 Å². The third-order valence-electron chi connectivity index (χ3n) is 2.07. The van der Waals surface area contributed by atoms with Crippen molar-refractivity contribution in [3.63, 3.8) is 0 Å². The molecule has 0 aliphatic heterocycles. The molecule has 3 nitrogen and oxygen atoms in total. The molecule has 0 aliphatic rings. The minimum atomic E-state index is -0.492. The van der Waals surface area contributed by atoms with E-state index in [-0.39, 0.29) is 11.5 Å². The van der Waals surface area contributed by atoms with Gasteiger partial charge in [-0.25, -0.2) is 4.39 Å². The number of amides is 1. The van der Waals surface area contributed by atoms with Crippen LogP contribution in [0.4, 0.5) is 10.1 Å². The molecule has 0 bridgehead atoms. The Morgan fingerprint density at radius 1 is 1.62 bits per heavy atom. The molecule has 0 spiro atoms. The molecular weight excluding hydrogens is 275 g/mol. The molecule has 1 N–H and O–H groups in total. The monoisotopic (exact) mass is 284 g/mol. The fourth-order valence-corrected chi connectivity index (χ4v) is 1.53. The number of carbonyl (C=O) groups excluding carboxylic acids is 1. The maximum Gasteiger partial charge on any atom is 0.225 e. The van der Waals surface area contributed by atoms with Gasteiger partial charge in [0, 0.05) is 23.0 Å². The molecule has 16 heavy (non-hydrogen) atoms. The smallest absolute Gasteiger partial charge is 0.225 e. The molecule has 0 saturated heterocycles. The van der Waals surface area contributed by atoms with Gasteiger partial charge in [-0.3, -0.25) is 4.79 Å². The highest BCUT2D eigenvalue weighted by Gasteiger charge is 2.09. The quantitative estimate of drug-likeness (QED) is 0.868. The fourth-order valence-electron chi connectivity index (χ4n) is 1.17. The Kier molecular flexibility index (Phi) is 4.44. The van der Waals surface area contributed by atoms with Crippen molar-refractivity contribution in [1.82, 2.24) is 0 Å². The number of halogens is 2. The van der Waals surface area contributed by atoms with Crippen LogP contribution in [0.3, 0.4) is 0 Å². The Morgan fingerprint density at radius 2 is 2.31 bits per heavy atom.